The Morgan fingerprint density at radius 1 is 1.00 bits per heavy atom. The molecule has 2 aromatic rings. The smallest absolute Gasteiger partial charge is 0.240 e. The minimum atomic E-state index is 0.195. The van der Waals surface area contributed by atoms with Crippen LogP contribution < -0.4 is 10.2 Å². The second-order valence-electron chi connectivity index (χ2n) is 6.87. The Morgan fingerprint density at radius 3 is 2.62 bits per heavy atom. The summed E-state index contributed by atoms with van der Waals surface area (Å²) >= 11 is 0. The van der Waals surface area contributed by atoms with Gasteiger partial charge in [0.2, 0.25) is 5.91 Å². The number of nitrogens with zero attached hydrogens (tertiary/aromatic N) is 1. The third kappa shape index (κ3) is 3.09. The predicted octanol–water partition coefficient (Wildman–Crippen LogP) is 3.11. The number of anilines is 1. The van der Waals surface area contributed by atoms with Crippen molar-refractivity contribution < 1.29 is 4.79 Å². The van der Waals surface area contributed by atoms with Crippen molar-refractivity contribution in [1.82, 2.24) is 5.32 Å². The van der Waals surface area contributed by atoms with Crippen molar-refractivity contribution in [2.75, 3.05) is 18.0 Å². The van der Waals surface area contributed by atoms with E-state index >= 15 is 0 Å². The van der Waals surface area contributed by atoms with E-state index in [-0.39, 0.29) is 5.91 Å². The molecular weight excluding hydrogens is 296 g/mol. The lowest BCUT2D eigenvalue weighted by Gasteiger charge is -2.31. The Hall–Kier alpha value is -2.13. The second kappa shape index (κ2) is 6.78. The number of para-hydroxylation sites is 1. The summed E-state index contributed by atoms with van der Waals surface area (Å²) in [5.41, 5.74) is 5.29. The van der Waals surface area contributed by atoms with Crippen LogP contribution in [0.3, 0.4) is 0 Å². The quantitative estimate of drug-likeness (QED) is 0.942. The van der Waals surface area contributed by atoms with Gasteiger partial charge in [0.25, 0.3) is 0 Å². The Kier molecular flexibility index (Phi) is 4.35. The highest BCUT2D eigenvalue weighted by molar-refractivity contribution is 5.95. The summed E-state index contributed by atoms with van der Waals surface area (Å²) in [6.45, 7) is 1.27. The normalized spacial score (nSPS) is 19.5. The highest BCUT2D eigenvalue weighted by Crippen LogP contribution is 2.26. The number of aryl methyl sites for hydroxylation is 2. The summed E-state index contributed by atoms with van der Waals surface area (Å²) in [6, 6.07) is 17.4. The zero-order valence-electron chi connectivity index (χ0n) is 14.0. The Balaban J connectivity index is 1.38. The molecule has 4 rings (SSSR count). The fourth-order valence-corrected chi connectivity index (χ4v) is 3.99. The molecule has 0 spiro atoms. The number of carbonyl (C=O) groups is 1. The second-order valence-corrected chi connectivity index (χ2v) is 6.87. The van der Waals surface area contributed by atoms with Gasteiger partial charge in [0.05, 0.1) is 6.54 Å². The van der Waals surface area contributed by atoms with E-state index in [0.717, 1.165) is 44.3 Å². The van der Waals surface area contributed by atoms with E-state index < -0.39 is 0 Å². The summed E-state index contributed by atoms with van der Waals surface area (Å²) in [5, 5.41) is 3.50. The first-order valence-electron chi connectivity index (χ1n) is 9.00. The van der Waals surface area contributed by atoms with E-state index in [4.69, 9.17) is 0 Å². The van der Waals surface area contributed by atoms with Gasteiger partial charge in [0.15, 0.2) is 0 Å². The summed E-state index contributed by atoms with van der Waals surface area (Å²) in [5.74, 6) is 0.195. The molecule has 1 aliphatic heterocycles. The lowest BCUT2D eigenvalue weighted by atomic mass is 9.88. The number of rotatable bonds is 3. The SMILES string of the molecule is O=C(CNC1CCc2ccccc2C1)N1CCCc2ccccc21. The molecule has 1 atom stereocenters. The van der Waals surface area contributed by atoms with Crippen molar-refractivity contribution in [3.8, 4) is 0 Å². The molecule has 0 saturated heterocycles. The summed E-state index contributed by atoms with van der Waals surface area (Å²) in [6.07, 6.45) is 5.38. The summed E-state index contributed by atoms with van der Waals surface area (Å²) in [7, 11) is 0. The van der Waals surface area contributed by atoms with Gasteiger partial charge in [0, 0.05) is 18.3 Å². The van der Waals surface area contributed by atoms with Crippen LogP contribution in [0.5, 0.6) is 0 Å². The highest BCUT2D eigenvalue weighted by Gasteiger charge is 2.23. The van der Waals surface area contributed by atoms with E-state index in [2.05, 4.69) is 47.8 Å². The maximum Gasteiger partial charge on any atom is 0.240 e. The van der Waals surface area contributed by atoms with Crippen molar-refractivity contribution in [2.45, 2.75) is 38.1 Å². The van der Waals surface area contributed by atoms with Crippen molar-refractivity contribution in [2.24, 2.45) is 0 Å². The topological polar surface area (TPSA) is 32.3 Å². The fourth-order valence-electron chi connectivity index (χ4n) is 3.99. The van der Waals surface area contributed by atoms with Crippen molar-refractivity contribution in [3.05, 3.63) is 65.2 Å². The minimum Gasteiger partial charge on any atom is -0.311 e. The Labute approximate surface area is 143 Å². The molecule has 1 N–H and O–H groups in total. The molecular formula is C21H24N2O. The predicted molar refractivity (Wildman–Crippen MR) is 97.4 cm³/mol. The van der Waals surface area contributed by atoms with Gasteiger partial charge < -0.3 is 10.2 Å². The van der Waals surface area contributed by atoms with Gasteiger partial charge in [-0.3, -0.25) is 4.79 Å². The first-order valence-corrected chi connectivity index (χ1v) is 9.00. The van der Waals surface area contributed by atoms with Crippen molar-refractivity contribution in [1.29, 1.82) is 0 Å². The van der Waals surface area contributed by atoms with Crippen LogP contribution in [-0.2, 0) is 24.1 Å². The number of hydrogen-bond acceptors (Lipinski definition) is 2. The molecule has 2 aliphatic rings. The van der Waals surface area contributed by atoms with Crippen LogP contribution in [0.25, 0.3) is 0 Å². The minimum absolute atomic E-state index is 0.195. The third-order valence-electron chi connectivity index (χ3n) is 5.30. The number of amides is 1. The molecule has 0 saturated carbocycles. The molecule has 0 radical (unpaired) electrons. The van der Waals surface area contributed by atoms with Gasteiger partial charge in [-0.15, -0.1) is 0 Å². The van der Waals surface area contributed by atoms with Crippen LogP contribution in [0, 0.1) is 0 Å². The standard InChI is InChI=1S/C21H24N2O/c24-21(23-13-5-9-17-7-3-4-10-20(17)23)15-22-19-12-11-16-6-1-2-8-18(16)14-19/h1-4,6-8,10,19,22H,5,9,11-15H2. The Morgan fingerprint density at radius 2 is 1.75 bits per heavy atom. The largest absolute Gasteiger partial charge is 0.311 e. The van der Waals surface area contributed by atoms with Gasteiger partial charge in [-0.2, -0.15) is 0 Å². The summed E-state index contributed by atoms with van der Waals surface area (Å²) < 4.78 is 0. The number of benzene rings is 2. The average Bonchev–Trinajstić information content (AvgIpc) is 2.65. The molecule has 2 aromatic carbocycles. The highest BCUT2D eigenvalue weighted by atomic mass is 16.2. The first kappa shape index (κ1) is 15.4. The average molecular weight is 320 g/mol. The van der Waals surface area contributed by atoms with Crippen LogP contribution in [0.15, 0.2) is 48.5 Å². The van der Waals surface area contributed by atoms with Gasteiger partial charge in [-0.25, -0.2) is 0 Å². The molecule has 1 aliphatic carbocycles. The van der Waals surface area contributed by atoms with Gasteiger partial charge in [-0.05, 0) is 54.9 Å². The number of hydrogen-bond donors (Lipinski definition) is 1. The lowest BCUT2D eigenvalue weighted by molar-refractivity contribution is -0.118. The molecule has 124 valence electrons. The van der Waals surface area contributed by atoms with Gasteiger partial charge in [-0.1, -0.05) is 42.5 Å². The molecule has 0 aromatic heterocycles. The maximum atomic E-state index is 12.7. The van der Waals surface area contributed by atoms with Crippen LogP contribution >= 0.6 is 0 Å². The molecule has 1 unspecified atom stereocenters. The van der Waals surface area contributed by atoms with E-state index in [9.17, 15) is 4.79 Å². The Bertz CT molecular complexity index is 740. The van der Waals surface area contributed by atoms with E-state index in [1.807, 2.05) is 11.0 Å². The first-order chi connectivity index (χ1) is 11.8. The van der Waals surface area contributed by atoms with E-state index in [1.54, 1.807) is 0 Å². The van der Waals surface area contributed by atoms with Crippen LogP contribution in [0.1, 0.15) is 29.5 Å². The zero-order valence-corrected chi connectivity index (χ0v) is 14.0. The monoisotopic (exact) mass is 320 g/mol. The number of nitrogens with one attached hydrogen (secondary N) is 1. The maximum absolute atomic E-state index is 12.7. The van der Waals surface area contributed by atoms with Crippen LogP contribution in [0.4, 0.5) is 5.69 Å². The molecule has 1 heterocycles. The molecule has 0 bridgehead atoms. The third-order valence-corrected chi connectivity index (χ3v) is 5.30. The number of fused-ring (bicyclic) bond motifs is 2. The summed E-state index contributed by atoms with van der Waals surface area (Å²) in [4.78, 5) is 14.7. The molecule has 0 fully saturated rings. The van der Waals surface area contributed by atoms with Gasteiger partial charge in [0.1, 0.15) is 0 Å². The molecule has 3 nitrogen and oxygen atoms in total. The fraction of sp³-hybridized carbons (Fsp3) is 0.381. The number of carbonyl (C=O) groups excluding carboxylic acids is 1. The van der Waals surface area contributed by atoms with E-state index in [0.29, 0.717) is 12.6 Å². The van der Waals surface area contributed by atoms with E-state index in [1.165, 1.54) is 16.7 Å². The van der Waals surface area contributed by atoms with Gasteiger partial charge >= 0.3 is 0 Å². The molecule has 1 amide bonds. The van der Waals surface area contributed by atoms with Crippen molar-refractivity contribution >= 4 is 11.6 Å². The van der Waals surface area contributed by atoms with Crippen LogP contribution in [-0.4, -0.2) is 25.0 Å². The van der Waals surface area contributed by atoms with Crippen molar-refractivity contribution in [3.63, 3.8) is 0 Å². The zero-order chi connectivity index (χ0) is 16.4. The lowest BCUT2D eigenvalue weighted by Crippen LogP contribution is -2.45. The molecule has 3 heteroatoms. The molecule has 24 heavy (non-hydrogen) atoms. The van der Waals surface area contributed by atoms with Crippen LogP contribution in [0.2, 0.25) is 0 Å².